The Balaban J connectivity index is 1.56. The maximum atomic E-state index is 14.2. The first kappa shape index (κ1) is 44.9. The number of aromatic amines is 2. The molecule has 2 heterocycles. The zero-order valence-corrected chi connectivity index (χ0v) is 33.1. The first-order valence-electron chi connectivity index (χ1n) is 19.2. The molecule has 0 aliphatic rings. The van der Waals surface area contributed by atoms with Gasteiger partial charge in [0.25, 0.3) is 0 Å². The third-order valence-corrected chi connectivity index (χ3v) is 9.50. The van der Waals surface area contributed by atoms with Crippen molar-refractivity contribution >= 4 is 52.3 Å². The maximum Gasteiger partial charge on any atom is 0.243 e. The van der Waals surface area contributed by atoms with E-state index in [2.05, 4.69) is 41.5 Å². The number of carbonyl (C=O) groups excluding carboxylic acids is 7. The van der Waals surface area contributed by atoms with E-state index in [0.29, 0.717) is 16.8 Å². The molecule has 4 aromatic rings. The molecule has 19 heteroatoms. The first-order chi connectivity index (χ1) is 28.0. The number of hydrogen-bond acceptors (Lipinski definition) is 10. The molecule has 0 aliphatic heterocycles. The maximum absolute atomic E-state index is 14.2. The van der Waals surface area contributed by atoms with Gasteiger partial charge in [-0.1, -0.05) is 44.2 Å². The number of para-hydroxylation sites is 1. The highest BCUT2D eigenvalue weighted by Crippen LogP contribution is 2.20. The second-order valence-corrected chi connectivity index (χ2v) is 14.8. The average molecular weight is 816 g/mol. The number of aromatic hydroxyl groups is 1. The highest BCUT2D eigenvalue weighted by Gasteiger charge is 2.32. The number of benzene rings is 2. The molecule has 4 rings (SSSR count). The zero-order valence-electron chi connectivity index (χ0n) is 33.1. The number of nitrogens with one attached hydrogen (secondary N) is 7. The van der Waals surface area contributed by atoms with Gasteiger partial charge in [0.15, 0.2) is 0 Å². The van der Waals surface area contributed by atoms with Crippen molar-refractivity contribution in [3.05, 3.63) is 84.1 Å². The molecular formula is C40H53N11O8. The second kappa shape index (κ2) is 21.1. The molecule has 6 atom stereocenters. The molecule has 0 saturated carbocycles. The van der Waals surface area contributed by atoms with Crippen molar-refractivity contribution in [1.29, 1.82) is 0 Å². The summed E-state index contributed by atoms with van der Waals surface area (Å²) in [7, 11) is 0. The Hall–Kier alpha value is -6.76. The van der Waals surface area contributed by atoms with Gasteiger partial charge in [0.05, 0.1) is 12.4 Å². The molecule has 14 N–H and O–H groups in total. The number of imidazole rings is 1. The van der Waals surface area contributed by atoms with Gasteiger partial charge in [-0.05, 0) is 55.0 Å². The summed E-state index contributed by atoms with van der Waals surface area (Å²) in [4.78, 5) is 102. The number of hydrogen-bond donors (Lipinski definition) is 11. The summed E-state index contributed by atoms with van der Waals surface area (Å²) < 4.78 is 0. The van der Waals surface area contributed by atoms with Gasteiger partial charge in [-0.25, -0.2) is 4.98 Å². The number of amides is 7. The quantitative estimate of drug-likeness (QED) is 0.0469. The van der Waals surface area contributed by atoms with Crippen LogP contribution in [0, 0.1) is 5.92 Å². The van der Waals surface area contributed by atoms with Gasteiger partial charge in [-0.3, -0.25) is 33.6 Å². The van der Waals surface area contributed by atoms with Gasteiger partial charge >= 0.3 is 0 Å². The van der Waals surface area contributed by atoms with E-state index in [-0.39, 0.29) is 50.2 Å². The van der Waals surface area contributed by atoms with E-state index in [4.69, 9.17) is 17.2 Å². The minimum absolute atomic E-state index is 0.00483. The second-order valence-electron chi connectivity index (χ2n) is 14.8. The van der Waals surface area contributed by atoms with E-state index < -0.39 is 77.6 Å². The number of phenols is 1. The predicted octanol–water partition coefficient (Wildman–Crippen LogP) is -0.807. The fourth-order valence-corrected chi connectivity index (χ4v) is 6.31. The van der Waals surface area contributed by atoms with Crippen molar-refractivity contribution < 1.29 is 38.7 Å². The Labute approximate surface area is 340 Å². The minimum atomic E-state index is -1.33. The number of H-pyrrole nitrogens is 2. The monoisotopic (exact) mass is 815 g/mol. The molecule has 59 heavy (non-hydrogen) atoms. The lowest BCUT2D eigenvalue weighted by atomic mass is 10.0. The van der Waals surface area contributed by atoms with Crippen LogP contribution in [0.2, 0.25) is 0 Å². The molecule has 0 bridgehead atoms. The van der Waals surface area contributed by atoms with E-state index in [9.17, 15) is 38.7 Å². The van der Waals surface area contributed by atoms with E-state index in [1.54, 1.807) is 18.3 Å². The fraction of sp³-hybridized carbons (Fsp3) is 0.400. The van der Waals surface area contributed by atoms with Crippen LogP contribution in [0.4, 0.5) is 0 Å². The molecule has 2 aromatic heterocycles. The van der Waals surface area contributed by atoms with Gasteiger partial charge in [0.2, 0.25) is 41.4 Å². The molecule has 0 radical (unpaired) electrons. The van der Waals surface area contributed by atoms with Crippen LogP contribution in [0.25, 0.3) is 10.9 Å². The fourth-order valence-electron chi connectivity index (χ4n) is 6.31. The van der Waals surface area contributed by atoms with Crippen LogP contribution in [0.5, 0.6) is 5.75 Å². The molecular weight excluding hydrogens is 763 g/mol. The summed E-state index contributed by atoms with van der Waals surface area (Å²) in [5, 5.41) is 23.7. The lowest BCUT2D eigenvalue weighted by molar-refractivity contribution is -0.135. The molecule has 0 fully saturated rings. The van der Waals surface area contributed by atoms with Crippen molar-refractivity contribution in [3.8, 4) is 5.75 Å². The number of phenolic OH excluding ortho intramolecular Hbond substituents is 1. The van der Waals surface area contributed by atoms with Crippen LogP contribution in [0.1, 0.15) is 56.9 Å². The van der Waals surface area contributed by atoms with Gasteiger partial charge in [-0.15, -0.1) is 0 Å². The van der Waals surface area contributed by atoms with Gasteiger partial charge < -0.3 is 58.9 Å². The van der Waals surface area contributed by atoms with Crippen molar-refractivity contribution in [1.82, 2.24) is 41.5 Å². The van der Waals surface area contributed by atoms with Gasteiger partial charge in [-0.2, -0.15) is 0 Å². The molecule has 316 valence electrons. The average Bonchev–Trinajstić information content (AvgIpc) is 3.85. The van der Waals surface area contributed by atoms with E-state index in [1.807, 2.05) is 38.1 Å². The highest BCUT2D eigenvalue weighted by atomic mass is 16.3. The molecule has 19 nitrogen and oxygen atoms in total. The summed E-state index contributed by atoms with van der Waals surface area (Å²) in [5.41, 5.74) is 19.6. The number of rotatable bonds is 22. The number of carbonyl (C=O) groups is 7. The topological polar surface area (TPSA) is 322 Å². The van der Waals surface area contributed by atoms with E-state index >= 15 is 0 Å². The van der Waals surface area contributed by atoms with Crippen LogP contribution in [-0.4, -0.2) is 97.7 Å². The number of nitrogens with two attached hydrogens (primary N) is 3. The Morgan fingerprint density at radius 2 is 1.32 bits per heavy atom. The SMILES string of the molecule is CC(C)CC(NC(=O)C(CCC(N)=O)NC(=O)C(C)NC(=O)C(Cc1c[nH]c2ccccc12)NC(=O)C(Cc1ccc(O)cc1)NC(=O)C(N)Cc1cnc[nH]1)C(N)=O. The van der Waals surface area contributed by atoms with Crippen LogP contribution < -0.4 is 43.8 Å². The third kappa shape index (κ3) is 13.7. The molecule has 0 spiro atoms. The lowest BCUT2D eigenvalue weighted by Crippen LogP contribution is -2.59. The van der Waals surface area contributed by atoms with Gasteiger partial charge in [0.1, 0.15) is 36.0 Å². The highest BCUT2D eigenvalue weighted by molar-refractivity contribution is 5.97. The smallest absolute Gasteiger partial charge is 0.243 e. The standard InChI is InChI=1S/C40H53N11O8/c1-21(2)14-31(35(43)54)49-38(57)30(12-13-34(42)53)48-36(55)22(3)47-39(58)33(16-24-18-45-29-7-5-4-6-27(24)29)51-40(59)32(15-23-8-10-26(52)11-9-23)50-37(56)28(41)17-25-19-44-20-46-25/h4-11,18-22,28,30-33,45,52H,12-17,41H2,1-3H3,(H2,42,53)(H2,43,54)(H,44,46)(H,47,58)(H,48,55)(H,49,57)(H,50,56)(H,51,59). The van der Waals surface area contributed by atoms with Crippen molar-refractivity contribution in [3.63, 3.8) is 0 Å². The number of primary amides is 2. The molecule has 7 amide bonds. The summed E-state index contributed by atoms with van der Waals surface area (Å²) in [5.74, 6) is -5.30. The number of fused-ring (bicyclic) bond motifs is 1. The molecule has 0 saturated heterocycles. The van der Waals surface area contributed by atoms with E-state index in [1.165, 1.54) is 31.6 Å². The van der Waals surface area contributed by atoms with Crippen LogP contribution >= 0.6 is 0 Å². The van der Waals surface area contributed by atoms with Crippen molar-refractivity contribution in [2.75, 3.05) is 0 Å². The summed E-state index contributed by atoms with van der Waals surface area (Å²) in [6, 6.07) is 6.06. The first-order valence-corrected chi connectivity index (χ1v) is 19.2. The Morgan fingerprint density at radius 3 is 1.97 bits per heavy atom. The van der Waals surface area contributed by atoms with Crippen molar-refractivity contribution in [2.45, 2.75) is 95.5 Å². The summed E-state index contributed by atoms with van der Waals surface area (Å²) >= 11 is 0. The predicted molar refractivity (Wildman–Crippen MR) is 216 cm³/mol. The number of nitrogens with zero attached hydrogens (tertiary/aromatic N) is 1. The molecule has 2 aromatic carbocycles. The van der Waals surface area contributed by atoms with Crippen molar-refractivity contribution in [2.24, 2.45) is 23.1 Å². The normalized spacial score (nSPS) is 14.3. The molecule has 6 unspecified atom stereocenters. The third-order valence-electron chi connectivity index (χ3n) is 9.50. The van der Waals surface area contributed by atoms with Crippen LogP contribution in [-0.2, 0) is 52.8 Å². The lowest BCUT2D eigenvalue weighted by Gasteiger charge is -2.26. The minimum Gasteiger partial charge on any atom is -0.508 e. The Bertz CT molecular complexity index is 2080. The molecule has 0 aliphatic carbocycles. The number of aromatic nitrogens is 3. The zero-order chi connectivity index (χ0) is 43.2. The summed E-state index contributed by atoms with van der Waals surface area (Å²) in [6.07, 6.45) is 4.40. The Morgan fingerprint density at radius 1 is 0.712 bits per heavy atom. The van der Waals surface area contributed by atoms with Crippen LogP contribution in [0.3, 0.4) is 0 Å². The Kier molecular flexibility index (Phi) is 16.1. The van der Waals surface area contributed by atoms with Crippen LogP contribution in [0.15, 0.2) is 67.3 Å². The van der Waals surface area contributed by atoms with E-state index in [0.717, 1.165) is 10.9 Å². The largest absolute Gasteiger partial charge is 0.508 e. The van der Waals surface area contributed by atoms with Gasteiger partial charge in [0, 0.05) is 54.7 Å². The summed E-state index contributed by atoms with van der Waals surface area (Å²) in [6.45, 7) is 5.03.